The quantitative estimate of drug-likeness (QED) is 0.575. The summed E-state index contributed by atoms with van der Waals surface area (Å²) in [4.78, 5) is 25.8. The second-order valence-electron chi connectivity index (χ2n) is 7.24. The van der Waals surface area contributed by atoms with Crippen LogP contribution < -0.4 is 10.6 Å². The Morgan fingerprint density at radius 2 is 1.89 bits per heavy atom. The molecule has 1 aliphatic heterocycles. The van der Waals surface area contributed by atoms with Gasteiger partial charge in [0.25, 0.3) is 0 Å². The molecule has 0 amide bonds. The average Bonchev–Trinajstić information content (AvgIpc) is 2.84. The number of nitrogens with one attached hydrogen (secondary N) is 2. The molecule has 2 aromatic rings. The summed E-state index contributed by atoms with van der Waals surface area (Å²) in [6.45, 7) is 1.91. The van der Waals surface area contributed by atoms with Gasteiger partial charge in [0.1, 0.15) is 5.92 Å². The highest BCUT2D eigenvalue weighted by atomic mass is 35.5. The Morgan fingerprint density at radius 3 is 2.61 bits per heavy atom. The van der Waals surface area contributed by atoms with Crippen LogP contribution in [-0.2, 0) is 14.3 Å². The molecule has 4 rings (SSSR count). The van der Waals surface area contributed by atoms with Gasteiger partial charge in [0.05, 0.1) is 24.5 Å². The first-order valence-electron chi connectivity index (χ1n) is 9.22. The van der Waals surface area contributed by atoms with Gasteiger partial charge < -0.3 is 15.4 Å². The van der Waals surface area contributed by atoms with E-state index in [4.69, 9.17) is 16.3 Å². The first-order valence-corrected chi connectivity index (χ1v) is 9.60. The molecule has 0 saturated carbocycles. The smallest absolute Gasteiger partial charge is 0.316 e. The lowest BCUT2D eigenvalue weighted by atomic mass is 9.75. The molecule has 2 N–H and O–H groups in total. The maximum atomic E-state index is 13.5. The van der Waals surface area contributed by atoms with E-state index in [9.17, 15) is 9.59 Å². The number of methoxy groups -OCH3 is 1. The lowest BCUT2D eigenvalue weighted by molar-refractivity contribution is -0.151. The first-order chi connectivity index (χ1) is 13.5. The highest BCUT2D eigenvalue weighted by molar-refractivity contribution is 6.30. The minimum absolute atomic E-state index is 0.156. The number of anilines is 2. The minimum atomic E-state index is -0.810. The van der Waals surface area contributed by atoms with E-state index in [1.807, 2.05) is 49.4 Å². The number of hydrogen-bond donors (Lipinski definition) is 2. The third-order valence-electron chi connectivity index (χ3n) is 5.41. The number of hydrogen-bond acceptors (Lipinski definition) is 5. The molecule has 3 atom stereocenters. The second-order valence-corrected chi connectivity index (χ2v) is 7.68. The molecule has 1 aliphatic carbocycles. The van der Waals surface area contributed by atoms with Crippen molar-refractivity contribution in [3.63, 3.8) is 0 Å². The largest absolute Gasteiger partial charge is 0.468 e. The summed E-state index contributed by atoms with van der Waals surface area (Å²) in [7, 11) is 1.32. The first kappa shape index (κ1) is 18.6. The number of Topliss-reactive ketones (excluding diaryl/α,β-unsaturated/α-hetero) is 1. The molecule has 0 unspecified atom stereocenters. The van der Waals surface area contributed by atoms with Crippen molar-refractivity contribution in [1.82, 2.24) is 0 Å². The van der Waals surface area contributed by atoms with Crippen molar-refractivity contribution in [2.75, 3.05) is 17.7 Å². The van der Waals surface area contributed by atoms with Gasteiger partial charge in [0.2, 0.25) is 0 Å². The van der Waals surface area contributed by atoms with Crippen molar-refractivity contribution in [3.05, 3.63) is 70.4 Å². The molecule has 6 heteroatoms. The zero-order valence-corrected chi connectivity index (χ0v) is 16.4. The van der Waals surface area contributed by atoms with E-state index in [2.05, 4.69) is 10.6 Å². The number of esters is 1. The summed E-state index contributed by atoms with van der Waals surface area (Å²) in [5.74, 6) is -1.67. The van der Waals surface area contributed by atoms with Crippen molar-refractivity contribution in [2.24, 2.45) is 11.8 Å². The molecule has 1 heterocycles. The topological polar surface area (TPSA) is 67.4 Å². The third-order valence-corrected chi connectivity index (χ3v) is 5.64. The van der Waals surface area contributed by atoms with E-state index in [0.717, 1.165) is 22.6 Å². The molecule has 0 fully saturated rings. The van der Waals surface area contributed by atoms with Crippen LogP contribution in [0.15, 0.2) is 59.8 Å². The number of ketones is 1. The predicted molar refractivity (Wildman–Crippen MR) is 109 cm³/mol. The number of para-hydroxylation sites is 2. The molecule has 144 valence electrons. The van der Waals surface area contributed by atoms with Crippen LogP contribution in [0.25, 0.3) is 0 Å². The molecule has 0 saturated heterocycles. The van der Waals surface area contributed by atoms with Crippen molar-refractivity contribution in [2.45, 2.75) is 19.4 Å². The molecule has 0 radical (unpaired) electrons. The summed E-state index contributed by atoms with van der Waals surface area (Å²) in [5, 5.41) is 7.49. The Kier molecular flexibility index (Phi) is 4.85. The van der Waals surface area contributed by atoms with Gasteiger partial charge in [0, 0.05) is 16.3 Å². The maximum absolute atomic E-state index is 13.5. The van der Waals surface area contributed by atoms with Crippen LogP contribution in [0.5, 0.6) is 0 Å². The van der Waals surface area contributed by atoms with Gasteiger partial charge in [-0.1, -0.05) is 42.8 Å². The number of ether oxygens (including phenoxy) is 1. The van der Waals surface area contributed by atoms with Gasteiger partial charge in [-0.2, -0.15) is 0 Å². The fourth-order valence-corrected chi connectivity index (χ4v) is 4.27. The van der Waals surface area contributed by atoms with Crippen LogP contribution in [0.1, 0.15) is 24.9 Å². The molecule has 5 nitrogen and oxygen atoms in total. The SMILES string of the molecule is COC(=O)[C@@H]1C(=O)C2=C(C[C@H]1C)Nc1ccccc1N[C@H]2c1cccc(Cl)c1. The van der Waals surface area contributed by atoms with Crippen LogP contribution >= 0.6 is 11.6 Å². The monoisotopic (exact) mass is 396 g/mol. The lowest BCUT2D eigenvalue weighted by Crippen LogP contribution is -2.39. The Bertz CT molecular complexity index is 985. The van der Waals surface area contributed by atoms with Crippen molar-refractivity contribution in [1.29, 1.82) is 0 Å². The van der Waals surface area contributed by atoms with E-state index in [1.165, 1.54) is 7.11 Å². The predicted octanol–water partition coefficient (Wildman–Crippen LogP) is 4.57. The lowest BCUT2D eigenvalue weighted by Gasteiger charge is -2.32. The number of halogens is 1. The number of fused-ring (bicyclic) bond motifs is 1. The Hall–Kier alpha value is -2.79. The zero-order chi connectivity index (χ0) is 19.8. The molecule has 0 bridgehead atoms. The van der Waals surface area contributed by atoms with Gasteiger partial charge in [-0.3, -0.25) is 9.59 Å². The number of benzene rings is 2. The molecule has 28 heavy (non-hydrogen) atoms. The Labute approximate surface area is 168 Å². The standard InChI is InChI=1S/C22H21ClN2O3/c1-12-10-17-19(21(26)18(12)22(27)28-2)20(13-6-5-7-14(23)11-13)25-16-9-4-3-8-15(16)24-17/h3-9,11-12,18,20,24-25H,10H2,1-2H3/t12-,18+,20+/m1/s1. The summed E-state index contributed by atoms with van der Waals surface area (Å²) >= 11 is 6.22. The fourth-order valence-electron chi connectivity index (χ4n) is 4.07. The number of carbonyl (C=O) groups excluding carboxylic acids is 2. The van der Waals surface area contributed by atoms with Gasteiger partial charge >= 0.3 is 5.97 Å². The van der Waals surface area contributed by atoms with Crippen LogP contribution in [0, 0.1) is 11.8 Å². The molecular weight excluding hydrogens is 376 g/mol. The molecule has 2 aromatic carbocycles. The number of carbonyl (C=O) groups is 2. The Balaban J connectivity index is 1.88. The van der Waals surface area contributed by atoms with Crippen LogP contribution in [0.2, 0.25) is 5.02 Å². The molecule has 2 aliphatic rings. The van der Waals surface area contributed by atoms with Gasteiger partial charge in [-0.25, -0.2) is 0 Å². The fraction of sp³-hybridized carbons (Fsp3) is 0.273. The normalized spacial score (nSPS) is 23.7. The van der Waals surface area contributed by atoms with E-state index >= 15 is 0 Å². The van der Waals surface area contributed by atoms with Gasteiger partial charge in [-0.15, -0.1) is 0 Å². The van der Waals surface area contributed by atoms with Crippen LogP contribution in [0.4, 0.5) is 11.4 Å². The van der Waals surface area contributed by atoms with Crippen molar-refractivity contribution in [3.8, 4) is 0 Å². The van der Waals surface area contributed by atoms with Gasteiger partial charge in [-0.05, 0) is 42.2 Å². The van der Waals surface area contributed by atoms with Crippen molar-refractivity contribution >= 4 is 34.7 Å². The minimum Gasteiger partial charge on any atom is -0.468 e. The summed E-state index contributed by atoms with van der Waals surface area (Å²) in [6.07, 6.45) is 0.577. The number of rotatable bonds is 2. The summed E-state index contributed by atoms with van der Waals surface area (Å²) < 4.78 is 4.92. The molecule has 0 aromatic heterocycles. The van der Waals surface area contributed by atoms with E-state index in [0.29, 0.717) is 17.0 Å². The zero-order valence-electron chi connectivity index (χ0n) is 15.7. The highest BCUT2D eigenvalue weighted by Gasteiger charge is 2.44. The average molecular weight is 397 g/mol. The van der Waals surface area contributed by atoms with Gasteiger partial charge in [0.15, 0.2) is 5.78 Å². The third kappa shape index (κ3) is 3.16. The van der Waals surface area contributed by atoms with E-state index in [-0.39, 0.29) is 11.7 Å². The summed E-state index contributed by atoms with van der Waals surface area (Å²) in [6, 6.07) is 14.8. The summed E-state index contributed by atoms with van der Waals surface area (Å²) in [5.41, 5.74) is 4.05. The van der Waals surface area contributed by atoms with Crippen LogP contribution in [0.3, 0.4) is 0 Å². The molecule has 0 spiro atoms. The van der Waals surface area contributed by atoms with Crippen LogP contribution in [-0.4, -0.2) is 18.9 Å². The van der Waals surface area contributed by atoms with E-state index < -0.39 is 17.9 Å². The van der Waals surface area contributed by atoms with Crippen molar-refractivity contribution < 1.29 is 14.3 Å². The maximum Gasteiger partial charge on any atom is 0.316 e. The highest BCUT2D eigenvalue weighted by Crippen LogP contribution is 2.43. The second kappa shape index (κ2) is 7.32. The Morgan fingerprint density at radius 1 is 1.14 bits per heavy atom. The number of allylic oxidation sites excluding steroid dienone is 1. The van der Waals surface area contributed by atoms with E-state index in [1.54, 1.807) is 6.07 Å². The molecular formula is C22H21ClN2O3.